The highest BCUT2D eigenvalue weighted by Gasteiger charge is 2.18. The second-order valence-electron chi connectivity index (χ2n) is 4.60. The Hall–Kier alpha value is -1.70. The fourth-order valence-electron chi connectivity index (χ4n) is 2.05. The molecule has 0 radical (unpaired) electrons. The lowest BCUT2D eigenvalue weighted by atomic mass is 10.3. The van der Waals surface area contributed by atoms with Gasteiger partial charge in [-0.05, 0) is 6.07 Å². The van der Waals surface area contributed by atoms with Crippen LogP contribution in [-0.4, -0.2) is 60.5 Å². The zero-order valence-corrected chi connectivity index (χ0v) is 11.1. The largest absolute Gasteiger partial charge is 0.484 e. The van der Waals surface area contributed by atoms with Crippen LogP contribution in [0.5, 0.6) is 5.75 Å². The van der Waals surface area contributed by atoms with Crippen LogP contribution in [0.1, 0.15) is 0 Å². The van der Waals surface area contributed by atoms with E-state index >= 15 is 0 Å². The average molecular weight is 282 g/mol. The number of benzene rings is 1. The van der Waals surface area contributed by atoms with E-state index < -0.39 is 11.0 Å². The maximum atomic E-state index is 10.8. The second-order valence-corrected chi connectivity index (χ2v) is 4.60. The van der Waals surface area contributed by atoms with Gasteiger partial charge in [-0.3, -0.25) is 15.0 Å². The van der Waals surface area contributed by atoms with Crippen LogP contribution in [0, 0.1) is 10.1 Å². The topological polar surface area (TPSA) is 85.1 Å². The molecule has 0 unspecified atom stereocenters. The Morgan fingerprint density at radius 1 is 1.40 bits per heavy atom. The van der Waals surface area contributed by atoms with Crippen molar-refractivity contribution in [3.8, 4) is 5.75 Å². The van der Waals surface area contributed by atoms with Crippen molar-refractivity contribution in [3.05, 3.63) is 34.4 Å². The number of rotatable bonds is 6. The van der Waals surface area contributed by atoms with Gasteiger partial charge in [-0.1, -0.05) is 12.1 Å². The minimum absolute atomic E-state index is 0.0300. The summed E-state index contributed by atoms with van der Waals surface area (Å²) in [6.07, 6.45) is -0.687. The molecule has 1 aliphatic rings. The van der Waals surface area contributed by atoms with Crippen LogP contribution in [-0.2, 0) is 4.74 Å². The second kappa shape index (κ2) is 7.18. The lowest BCUT2D eigenvalue weighted by Crippen LogP contribution is -2.42. The van der Waals surface area contributed by atoms with Crippen molar-refractivity contribution >= 4 is 5.69 Å². The smallest absolute Gasteiger partial charge is 0.310 e. The first-order chi connectivity index (χ1) is 9.66. The molecule has 0 bridgehead atoms. The zero-order valence-electron chi connectivity index (χ0n) is 11.1. The molecule has 1 aromatic rings. The highest BCUT2D eigenvalue weighted by atomic mass is 16.6. The van der Waals surface area contributed by atoms with Gasteiger partial charge in [-0.25, -0.2) is 0 Å². The first-order valence-electron chi connectivity index (χ1n) is 6.51. The predicted molar refractivity (Wildman–Crippen MR) is 71.9 cm³/mol. The molecule has 2 rings (SSSR count). The van der Waals surface area contributed by atoms with Crippen molar-refractivity contribution in [3.63, 3.8) is 0 Å². The van der Waals surface area contributed by atoms with E-state index in [9.17, 15) is 15.2 Å². The number of morpholine rings is 1. The molecule has 0 amide bonds. The normalized spacial score (nSPS) is 17.6. The quantitative estimate of drug-likeness (QED) is 0.609. The molecule has 0 aliphatic carbocycles. The highest BCUT2D eigenvalue weighted by molar-refractivity contribution is 5.45. The predicted octanol–water partition coefficient (Wildman–Crippen LogP) is 0.667. The molecule has 1 saturated heterocycles. The summed E-state index contributed by atoms with van der Waals surface area (Å²) in [4.78, 5) is 12.4. The van der Waals surface area contributed by atoms with Crippen molar-refractivity contribution in [1.29, 1.82) is 0 Å². The fourth-order valence-corrected chi connectivity index (χ4v) is 2.05. The number of aliphatic hydroxyl groups is 1. The van der Waals surface area contributed by atoms with E-state index in [1.807, 2.05) is 0 Å². The summed E-state index contributed by atoms with van der Waals surface area (Å²) in [5.41, 5.74) is -0.0916. The molecule has 110 valence electrons. The fraction of sp³-hybridized carbons (Fsp3) is 0.538. The molecular formula is C13H18N2O5. The molecule has 0 spiro atoms. The van der Waals surface area contributed by atoms with Gasteiger partial charge in [0, 0.05) is 25.7 Å². The number of para-hydroxylation sites is 2. The summed E-state index contributed by atoms with van der Waals surface area (Å²) in [5, 5.41) is 20.7. The van der Waals surface area contributed by atoms with E-state index in [-0.39, 0.29) is 18.0 Å². The number of nitro groups is 1. The van der Waals surface area contributed by atoms with Gasteiger partial charge in [0.2, 0.25) is 0 Å². The Morgan fingerprint density at radius 3 is 2.80 bits per heavy atom. The van der Waals surface area contributed by atoms with Crippen LogP contribution < -0.4 is 4.74 Å². The molecule has 7 nitrogen and oxygen atoms in total. The van der Waals surface area contributed by atoms with E-state index in [1.54, 1.807) is 12.1 Å². The average Bonchev–Trinajstić information content (AvgIpc) is 2.46. The number of aliphatic hydroxyl groups excluding tert-OH is 1. The molecule has 7 heteroatoms. The third-order valence-electron chi connectivity index (χ3n) is 3.07. The van der Waals surface area contributed by atoms with Crippen molar-refractivity contribution < 1.29 is 19.5 Å². The van der Waals surface area contributed by atoms with E-state index in [0.29, 0.717) is 19.8 Å². The molecule has 1 aliphatic heterocycles. The number of nitrogens with zero attached hydrogens (tertiary/aromatic N) is 2. The van der Waals surface area contributed by atoms with Crippen molar-refractivity contribution in [2.45, 2.75) is 6.10 Å². The van der Waals surface area contributed by atoms with Gasteiger partial charge in [0.15, 0.2) is 5.75 Å². The SMILES string of the molecule is O=[N+]([O-])c1ccccc1OC[C@@H](O)CN1CCOCC1. The lowest BCUT2D eigenvalue weighted by Gasteiger charge is -2.28. The van der Waals surface area contributed by atoms with Crippen LogP contribution in [0.2, 0.25) is 0 Å². The zero-order chi connectivity index (χ0) is 14.4. The minimum Gasteiger partial charge on any atom is -0.484 e. The molecular weight excluding hydrogens is 264 g/mol. The van der Waals surface area contributed by atoms with Gasteiger partial charge in [-0.2, -0.15) is 0 Å². The number of ether oxygens (including phenoxy) is 2. The summed E-state index contributed by atoms with van der Waals surface area (Å²) in [6.45, 7) is 3.40. The lowest BCUT2D eigenvalue weighted by molar-refractivity contribution is -0.385. The minimum atomic E-state index is -0.687. The van der Waals surface area contributed by atoms with Gasteiger partial charge in [-0.15, -0.1) is 0 Å². The number of hydrogen-bond acceptors (Lipinski definition) is 6. The molecule has 1 N–H and O–H groups in total. The summed E-state index contributed by atoms with van der Waals surface area (Å²) in [5.74, 6) is 0.179. The van der Waals surface area contributed by atoms with Crippen molar-refractivity contribution in [2.24, 2.45) is 0 Å². The molecule has 0 aromatic heterocycles. The van der Waals surface area contributed by atoms with Crippen LogP contribution in [0.25, 0.3) is 0 Å². The van der Waals surface area contributed by atoms with Gasteiger partial charge in [0.25, 0.3) is 0 Å². The summed E-state index contributed by atoms with van der Waals surface area (Å²) in [7, 11) is 0. The van der Waals surface area contributed by atoms with Crippen molar-refractivity contribution in [1.82, 2.24) is 4.90 Å². The Balaban J connectivity index is 1.83. The Kier molecular flexibility index (Phi) is 5.28. The van der Waals surface area contributed by atoms with Gasteiger partial charge < -0.3 is 14.6 Å². The standard InChI is InChI=1S/C13H18N2O5/c16-11(9-14-5-7-19-8-6-14)10-20-13-4-2-1-3-12(13)15(17)18/h1-4,11,16H,5-10H2/t11-/m0/s1. The van der Waals surface area contributed by atoms with Gasteiger partial charge >= 0.3 is 5.69 Å². The van der Waals surface area contributed by atoms with Crippen LogP contribution in [0.4, 0.5) is 5.69 Å². The summed E-state index contributed by atoms with van der Waals surface area (Å²) >= 11 is 0. The molecule has 0 saturated carbocycles. The van der Waals surface area contributed by atoms with Crippen molar-refractivity contribution in [2.75, 3.05) is 39.5 Å². The first-order valence-corrected chi connectivity index (χ1v) is 6.51. The van der Waals surface area contributed by atoms with E-state index in [0.717, 1.165) is 13.1 Å². The maximum Gasteiger partial charge on any atom is 0.310 e. The maximum absolute atomic E-state index is 10.8. The van der Waals surface area contributed by atoms with Crippen LogP contribution in [0.15, 0.2) is 24.3 Å². The summed E-state index contributed by atoms with van der Waals surface area (Å²) < 4.78 is 10.6. The Labute approximate surface area is 116 Å². The van der Waals surface area contributed by atoms with Crippen LogP contribution >= 0.6 is 0 Å². The molecule has 1 fully saturated rings. The number of β-amino-alcohol motifs (C(OH)–C–C–N with tert-alkyl or cyclic N) is 1. The van der Waals surface area contributed by atoms with Gasteiger partial charge in [0.1, 0.15) is 12.7 Å². The number of hydrogen-bond donors (Lipinski definition) is 1. The molecule has 1 heterocycles. The first kappa shape index (κ1) is 14.7. The van der Waals surface area contributed by atoms with E-state index in [1.165, 1.54) is 12.1 Å². The third-order valence-corrected chi connectivity index (χ3v) is 3.07. The van der Waals surface area contributed by atoms with Gasteiger partial charge in [0.05, 0.1) is 18.1 Å². The molecule has 1 atom stereocenters. The number of nitro benzene ring substituents is 1. The Morgan fingerprint density at radius 2 is 2.10 bits per heavy atom. The highest BCUT2D eigenvalue weighted by Crippen LogP contribution is 2.25. The monoisotopic (exact) mass is 282 g/mol. The van der Waals surface area contributed by atoms with E-state index in [4.69, 9.17) is 9.47 Å². The third kappa shape index (κ3) is 4.16. The molecule has 1 aromatic carbocycles. The van der Waals surface area contributed by atoms with Crippen LogP contribution in [0.3, 0.4) is 0 Å². The Bertz CT molecular complexity index is 448. The van der Waals surface area contributed by atoms with E-state index in [2.05, 4.69) is 4.90 Å². The molecule has 20 heavy (non-hydrogen) atoms. The summed E-state index contributed by atoms with van der Waals surface area (Å²) in [6, 6.07) is 6.15.